The maximum Gasteiger partial charge on any atom is 0.364 e. The van der Waals surface area contributed by atoms with Gasteiger partial charge in [-0.15, -0.1) is 0 Å². The minimum Gasteiger partial charge on any atom is -0.456 e. The number of ether oxygens (including phenoxy) is 2. The largest absolute Gasteiger partial charge is 0.456 e. The average molecular weight is 339 g/mol. The number of hydrogen-bond donors (Lipinski definition) is 0. The number of aliphatic imine (C=N–C) groups is 1. The number of hydrogen-bond acceptors (Lipinski definition) is 4. The molecule has 124 valence electrons. The van der Waals surface area contributed by atoms with Gasteiger partial charge in [0.1, 0.15) is 11.5 Å². The Kier molecular flexibility index (Phi) is 3.22. The number of para-hydroxylation sites is 2. The van der Waals surface area contributed by atoms with E-state index >= 15 is 0 Å². The fourth-order valence-electron chi connectivity index (χ4n) is 3.21. The van der Waals surface area contributed by atoms with E-state index in [1.165, 1.54) is 0 Å². The summed E-state index contributed by atoms with van der Waals surface area (Å²) in [7, 11) is 0. The molecule has 3 aromatic rings. The highest BCUT2D eigenvalue weighted by molar-refractivity contribution is 6.16. The Morgan fingerprint density at radius 3 is 1.88 bits per heavy atom. The molecule has 5 rings (SSSR count). The number of cyclic esters (lactones) is 1. The van der Waals surface area contributed by atoms with Crippen LogP contribution in [0, 0.1) is 0 Å². The van der Waals surface area contributed by atoms with Gasteiger partial charge in [-0.05, 0) is 24.3 Å². The van der Waals surface area contributed by atoms with E-state index in [9.17, 15) is 4.79 Å². The normalized spacial score (nSPS) is 14.9. The zero-order chi connectivity index (χ0) is 17.5. The fraction of sp³-hybridized carbons (Fsp3) is 0. The van der Waals surface area contributed by atoms with E-state index < -0.39 is 5.97 Å². The first-order valence-corrected chi connectivity index (χ1v) is 8.28. The van der Waals surface area contributed by atoms with E-state index in [-0.39, 0.29) is 0 Å². The van der Waals surface area contributed by atoms with E-state index in [2.05, 4.69) is 4.99 Å². The topological polar surface area (TPSA) is 47.9 Å². The second-order valence-electron chi connectivity index (χ2n) is 5.99. The summed E-state index contributed by atoms with van der Waals surface area (Å²) >= 11 is 0. The zero-order valence-corrected chi connectivity index (χ0v) is 13.7. The molecule has 4 heteroatoms. The third-order valence-corrected chi connectivity index (χ3v) is 4.39. The minimum absolute atomic E-state index is 0.298. The van der Waals surface area contributed by atoms with Crippen LogP contribution in [0.25, 0.3) is 5.57 Å². The Morgan fingerprint density at radius 1 is 0.654 bits per heavy atom. The second-order valence-corrected chi connectivity index (χ2v) is 5.99. The van der Waals surface area contributed by atoms with Crippen LogP contribution in [0.15, 0.2) is 89.6 Å². The first-order valence-electron chi connectivity index (χ1n) is 8.28. The predicted octanol–water partition coefficient (Wildman–Crippen LogP) is 4.56. The van der Waals surface area contributed by atoms with Gasteiger partial charge in [-0.3, -0.25) is 0 Å². The van der Waals surface area contributed by atoms with Crippen molar-refractivity contribution >= 4 is 17.4 Å². The Hall–Kier alpha value is -3.66. The van der Waals surface area contributed by atoms with Crippen molar-refractivity contribution in [3.63, 3.8) is 0 Å². The van der Waals surface area contributed by atoms with Crippen molar-refractivity contribution in [2.24, 2.45) is 4.99 Å². The highest BCUT2D eigenvalue weighted by Gasteiger charge is 2.32. The highest BCUT2D eigenvalue weighted by atomic mass is 16.6. The summed E-state index contributed by atoms with van der Waals surface area (Å²) in [4.78, 5) is 17.2. The number of nitrogens with zero attached hydrogens (tertiary/aromatic N) is 1. The maximum absolute atomic E-state index is 12.6. The monoisotopic (exact) mass is 339 g/mol. The van der Waals surface area contributed by atoms with Gasteiger partial charge < -0.3 is 9.47 Å². The van der Waals surface area contributed by atoms with E-state index in [1.54, 1.807) is 0 Å². The fourth-order valence-corrected chi connectivity index (χ4v) is 3.21. The smallest absolute Gasteiger partial charge is 0.364 e. The summed E-state index contributed by atoms with van der Waals surface area (Å²) in [5.41, 5.74) is 3.46. The van der Waals surface area contributed by atoms with Gasteiger partial charge in [-0.25, -0.2) is 9.79 Å². The molecule has 2 aliphatic heterocycles. The van der Waals surface area contributed by atoms with Crippen molar-refractivity contribution < 1.29 is 14.3 Å². The third-order valence-electron chi connectivity index (χ3n) is 4.39. The van der Waals surface area contributed by atoms with Gasteiger partial charge in [-0.2, -0.15) is 0 Å². The molecule has 0 atom stereocenters. The number of esters is 1. The summed E-state index contributed by atoms with van der Waals surface area (Å²) in [5.74, 6) is 1.26. The first kappa shape index (κ1) is 14.7. The summed E-state index contributed by atoms with van der Waals surface area (Å²) < 4.78 is 11.4. The molecule has 2 heterocycles. The van der Waals surface area contributed by atoms with E-state index in [4.69, 9.17) is 9.47 Å². The van der Waals surface area contributed by atoms with Crippen molar-refractivity contribution in [1.29, 1.82) is 0 Å². The lowest BCUT2D eigenvalue weighted by Gasteiger charge is -2.22. The molecule has 0 aromatic heterocycles. The molecule has 4 nitrogen and oxygen atoms in total. The van der Waals surface area contributed by atoms with Gasteiger partial charge in [0, 0.05) is 22.3 Å². The molecule has 0 radical (unpaired) electrons. The molecular weight excluding hydrogens is 326 g/mol. The summed E-state index contributed by atoms with van der Waals surface area (Å²) in [6.07, 6.45) is 0. The molecule has 0 spiro atoms. The Morgan fingerprint density at radius 2 is 1.23 bits per heavy atom. The van der Waals surface area contributed by atoms with Crippen molar-refractivity contribution in [1.82, 2.24) is 0 Å². The number of benzene rings is 3. The zero-order valence-electron chi connectivity index (χ0n) is 13.7. The molecule has 26 heavy (non-hydrogen) atoms. The van der Waals surface area contributed by atoms with Gasteiger partial charge in [0.05, 0.1) is 0 Å². The number of fused-ring (bicyclic) bond motifs is 2. The SMILES string of the molecule is O=C1OC(c2ccccc2)=NC1=C1c2ccccc2Oc2ccccc21. The standard InChI is InChI=1S/C22H13NO3/c24-22-20(23-21(26-22)14-8-2-1-3-9-14)19-15-10-4-6-12-17(15)25-18-13-7-5-11-16(18)19/h1-13H. The van der Waals surface area contributed by atoms with Crippen LogP contribution in [0.1, 0.15) is 16.7 Å². The molecule has 0 saturated heterocycles. The van der Waals surface area contributed by atoms with Crippen LogP contribution in [0.2, 0.25) is 0 Å². The third kappa shape index (κ3) is 2.24. The van der Waals surface area contributed by atoms with E-state index in [0.717, 1.165) is 22.3 Å². The maximum atomic E-state index is 12.6. The molecular formula is C22H13NO3. The lowest BCUT2D eigenvalue weighted by atomic mass is 9.92. The summed E-state index contributed by atoms with van der Waals surface area (Å²) in [6.45, 7) is 0. The molecule has 3 aromatic carbocycles. The van der Waals surface area contributed by atoms with Crippen LogP contribution in [0.5, 0.6) is 11.5 Å². The van der Waals surface area contributed by atoms with Gasteiger partial charge in [0.2, 0.25) is 5.90 Å². The highest BCUT2D eigenvalue weighted by Crippen LogP contribution is 2.45. The molecule has 0 unspecified atom stereocenters. The molecule has 0 saturated carbocycles. The van der Waals surface area contributed by atoms with Crippen molar-refractivity contribution in [3.8, 4) is 11.5 Å². The van der Waals surface area contributed by atoms with Crippen LogP contribution in [0.4, 0.5) is 0 Å². The minimum atomic E-state index is -0.453. The Balaban J connectivity index is 1.77. The number of carbonyl (C=O) groups is 1. The molecule has 0 aliphatic carbocycles. The molecule has 0 N–H and O–H groups in total. The second kappa shape index (κ2) is 5.70. The van der Waals surface area contributed by atoms with E-state index in [0.29, 0.717) is 23.1 Å². The lowest BCUT2D eigenvalue weighted by molar-refractivity contribution is -0.129. The van der Waals surface area contributed by atoms with Gasteiger partial charge in [0.15, 0.2) is 5.70 Å². The van der Waals surface area contributed by atoms with Gasteiger partial charge in [-0.1, -0.05) is 54.6 Å². The van der Waals surface area contributed by atoms with Crippen molar-refractivity contribution in [2.75, 3.05) is 0 Å². The van der Waals surface area contributed by atoms with Crippen LogP contribution in [-0.2, 0) is 9.53 Å². The summed E-state index contributed by atoms with van der Waals surface area (Å²) in [5, 5.41) is 0. The molecule has 0 bridgehead atoms. The Bertz CT molecular complexity index is 1050. The van der Waals surface area contributed by atoms with Crippen LogP contribution in [-0.4, -0.2) is 11.9 Å². The Labute approximate surface area is 150 Å². The van der Waals surface area contributed by atoms with Crippen molar-refractivity contribution in [3.05, 3.63) is 101 Å². The number of carbonyl (C=O) groups excluding carboxylic acids is 1. The summed E-state index contributed by atoms with van der Waals surface area (Å²) in [6, 6.07) is 24.7. The number of rotatable bonds is 1. The van der Waals surface area contributed by atoms with E-state index in [1.807, 2.05) is 78.9 Å². The van der Waals surface area contributed by atoms with Gasteiger partial charge >= 0.3 is 5.97 Å². The van der Waals surface area contributed by atoms with Crippen molar-refractivity contribution in [2.45, 2.75) is 0 Å². The molecule has 0 fully saturated rings. The lowest BCUT2D eigenvalue weighted by Crippen LogP contribution is -2.08. The predicted molar refractivity (Wildman–Crippen MR) is 98.1 cm³/mol. The molecule has 0 amide bonds. The first-order chi connectivity index (χ1) is 12.8. The van der Waals surface area contributed by atoms with Gasteiger partial charge in [0.25, 0.3) is 0 Å². The van der Waals surface area contributed by atoms with Crippen LogP contribution in [0.3, 0.4) is 0 Å². The van der Waals surface area contributed by atoms with Crippen LogP contribution < -0.4 is 4.74 Å². The van der Waals surface area contributed by atoms with Crippen LogP contribution >= 0.6 is 0 Å². The average Bonchev–Trinajstić information content (AvgIpc) is 3.08. The molecule has 2 aliphatic rings. The quantitative estimate of drug-likeness (QED) is 0.377.